The summed E-state index contributed by atoms with van der Waals surface area (Å²) in [4.78, 5) is 24.4. The van der Waals surface area contributed by atoms with Gasteiger partial charge in [-0.05, 0) is 83.5 Å². The Kier molecular flexibility index (Phi) is 49.1. The van der Waals surface area contributed by atoms with Crippen LogP contribution in [0.25, 0.3) is 0 Å². The number of allylic oxidation sites excluding steroid dienone is 5. The number of ether oxygens (including phenoxy) is 1. The molecular weight excluding hydrogens is 755 g/mol. The van der Waals surface area contributed by atoms with Gasteiger partial charge in [0.15, 0.2) is 0 Å². The summed E-state index contributed by atoms with van der Waals surface area (Å²) in [7, 11) is 0. The van der Waals surface area contributed by atoms with Gasteiger partial charge >= 0.3 is 5.97 Å². The molecule has 6 heteroatoms. The van der Waals surface area contributed by atoms with Gasteiger partial charge in [0.1, 0.15) is 0 Å². The fraction of sp³-hybridized carbons (Fsp3) is 0.855. The molecule has 2 atom stereocenters. The Balaban J connectivity index is 3.48. The molecule has 0 heterocycles. The topological polar surface area (TPSA) is 95.9 Å². The number of carbonyl (C=O) groups is 2. The van der Waals surface area contributed by atoms with E-state index >= 15 is 0 Å². The third kappa shape index (κ3) is 47.4. The summed E-state index contributed by atoms with van der Waals surface area (Å²) in [6.45, 7) is 4.85. The van der Waals surface area contributed by atoms with Crippen LogP contribution in [0.15, 0.2) is 36.5 Å². The van der Waals surface area contributed by atoms with E-state index in [1.807, 2.05) is 6.08 Å². The summed E-state index contributed by atoms with van der Waals surface area (Å²) >= 11 is 0. The number of rotatable bonds is 49. The predicted octanol–water partition coefficient (Wildman–Crippen LogP) is 16.1. The van der Waals surface area contributed by atoms with Crippen molar-refractivity contribution in [3.63, 3.8) is 0 Å². The van der Waals surface area contributed by atoms with Crippen LogP contribution in [0.3, 0.4) is 0 Å². The highest BCUT2D eigenvalue weighted by Crippen LogP contribution is 2.15. The number of hydrogen-bond acceptors (Lipinski definition) is 5. The maximum absolute atomic E-state index is 12.4. The first-order valence-electron chi connectivity index (χ1n) is 26.8. The smallest absolute Gasteiger partial charge is 0.305 e. The lowest BCUT2D eigenvalue weighted by atomic mass is 10.1. The monoisotopic (exact) mass is 858 g/mol. The molecule has 1 amide bonds. The van der Waals surface area contributed by atoms with Crippen LogP contribution in [0.4, 0.5) is 0 Å². The highest BCUT2D eigenvalue weighted by Gasteiger charge is 2.18. The van der Waals surface area contributed by atoms with Gasteiger partial charge in [-0.2, -0.15) is 0 Å². The van der Waals surface area contributed by atoms with Crippen molar-refractivity contribution in [2.24, 2.45) is 0 Å². The van der Waals surface area contributed by atoms with Gasteiger partial charge in [-0.1, -0.05) is 217 Å². The molecule has 0 aromatic carbocycles. The van der Waals surface area contributed by atoms with E-state index in [4.69, 9.17) is 4.74 Å². The maximum Gasteiger partial charge on any atom is 0.305 e. The molecule has 0 saturated carbocycles. The first-order chi connectivity index (χ1) is 30.0. The molecule has 0 aliphatic rings. The van der Waals surface area contributed by atoms with Crippen molar-refractivity contribution < 1.29 is 24.5 Å². The zero-order valence-corrected chi connectivity index (χ0v) is 40.6. The van der Waals surface area contributed by atoms with E-state index in [0.29, 0.717) is 19.4 Å². The molecule has 0 bridgehead atoms. The first kappa shape index (κ1) is 59.1. The maximum atomic E-state index is 12.4. The van der Waals surface area contributed by atoms with Crippen molar-refractivity contribution in [1.29, 1.82) is 0 Å². The molecule has 0 radical (unpaired) electrons. The van der Waals surface area contributed by atoms with E-state index in [9.17, 15) is 19.8 Å². The second-order valence-corrected chi connectivity index (χ2v) is 18.2. The third-order valence-corrected chi connectivity index (χ3v) is 12.1. The average molecular weight is 858 g/mol. The van der Waals surface area contributed by atoms with Crippen LogP contribution < -0.4 is 5.32 Å². The molecule has 0 aliphatic heterocycles. The Morgan fingerprint density at radius 3 is 1.16 bits per heavy atom. The fourth-order valence-electron chi connectivity index (χ4n) is 7.97. The quantitative estimate of drug-likeness (QED) is 0.0322. The standard InChI is InChI=1S/C55H103NO5/c1-3-5-7-9-11-13-15-16-17-18-19-22-25-29-33-37-41-45-49-55(60)61-50-46-42-38-34-30-26-23-20-21-24-28-32-36-40-44-48-54(59)56-52(51-57)53(58)47-43-39-35-31-27-14-12-10-8-6-4-2/h17-18,23,26,43,47,52-53,57-58H,3-16,19-22,24-25,27-42,44-46,48-51H2,1-2H3,(H,56,59)/b18-17-,26-23-,47-43+. The van der Waals surface area contributed by atoms with Crippen LogP contribution in [0.5, 0.6) is 0 Å². The van der Waals surface area contributed by atoms with Gasteiger partial charge in [0, 0.05) is 12.8 Å². The Morgan fingerprint density at radius 1 is 0.443 bits per heavy atom. The molecule has 3 N–H and O–H groups in total. The molecule has 358 valence electrons. The van der Waals surface area contributed by atoms with Gasteiger partial charge < -0.3 is 20.3 Å². The number of aliphatic hydroxyl groups is 2. The number of unbranched alkanes of at least 4 members (excludes halogenated alkanes) is 34. The SMILES string of the molecule is CCCCCCCCC/C=C\CCCCCCCCCC(=O)OCCCCCC/C=C\CCCCCCCCCC(=O)NC(CO)C(O)/C=C/CCCCCCCCCCC. The molecule has 0 saturated heterocycles. The summed E-state index contributed by atoms with van der Waals surface area (Å²) in [6.07, 6.45) is 61.5. The van der Waals surface area contributed by atoms with Crippen LogP contribution in [0.1, 0.15) is 277 Å². The molecule has 6 nitrogen and oxygen atoms in total. The predicted molar refractivity (Wildman–Crippen MR) is 264 cm³/mol. The summed E-state index contributed by atoms with van der Waals surface area (Å²) in [6, 6.07) is -0.638. The van der Waals surface area contributed by atoms with Gasteiger partial charge in [0.2, 0.25) is 5.91 Å². The lowest BCUT2D eigenvalue weighted by molar-refractivity contribution is -0.143. The minimum Gasteiger partial charge on any atom is -0.466 e. The highest BCUT2D eigenvalue weighted by atomic mass is 16.5. The van der Waals surface area contributed by atoms with Crippen LogP contribution in [0.2, 0.25) is 0 Å². The molecular formula is C55H103NO5. The highest BCUT2D eigenvalue weighted by molar-refractivity contribution is 5.76. The van der Waals surface area contributed by atoms with Crippen LogP contribution in [-0.4, -0.2) is 47.4 Å². The first-order valence-corrected chi connectivity index (χ1v) is 26.8. The normalized spacial score (nSPS) is 12.9. The van der Waals surface area contributed by atoms with Crippen molar-refractivity contribution in [1.82, 2.24) is 5.32 Å². The lowest BCUT2D eigenvalue weighted by Crippen LogP contribution is -2.45. The van der Waals surface area contributed by atoms with E-state index < -0.39 is 12.1 Å². The Bertz CT molecular complexity index is 993. The van der Waals surface area contributed by atoms with Gasteiger partial charge in [-0.3, -0.25) is 9.59 Å². The molecule has 0 aromatic heterocycles. The molecule has 0 aromatic rings. The Hall–Kier alpha value is -1.92. The van der Waals surface area contributed by atoms with E-state index in [2.05, 4.69) is 43.5 Å². The summed E-state index contributed by atoms with van der Waals surface area (Å²) < 4.78 is 5.46. The van der Waals surface area contributed by atoms with Crippen LogP contribution in [0, 0.1) is 0 Å². The van der Waals surface area contributed by atoms with Gasteiger partial charge in [0.05, 0.1) is 25.4 Å². The molecule has 0 fully saturated rings. The summed E-state index contributed by atoms with van der Waals surface area (Å²) in [5.74, 6) is -0.100. The zero-order valence-electron chi connectivity index (χ0n) is 40.6. The third-order valence-electron chi connectivity index (χ3n) is 12.1. The molecule has 0 spiro atoms. The second kappa shape index (κ2) is 50.7. The van der Waals surface area contributed by atoms with E-state index in [1.54, 1.807) is 6.08 Å². The van der Waals surface area contributed by atoms with Crippen molar-refractivity contribution in [2.75, 3.05) is 13.2 Å². The number of esters is 1. The fourth-order valence-corrected chi connectivity index (χ4v) is 7.97. The van der Waals surface area contributed by atoms with Crippen LogP contribution in [-0.2, 0) is 14.3 Å². The Labute approximate surface area is 379 Å². The summed E-state index contributed by atoms with van der Waals surface area (Å²) in [5.41, 5.74) is 0. The number of amides is 1. The number of hydrogen-bond donors (Lipinski definition) is 3. The number of carbonyl (C=O) groups excluding carboxylic acids is 2. The zero-order chi connectivity index (χ0) is 44.4. The second-order valence-electron chi connectivity index (χ2n) is 18.2. The lowest BCUT2D eigenvalue weighted by Gasteiger charge is -2.20. The van der Waals surface area contributed by atoms with E-state index in [1.165, 1.54) is 180 Å². The minimum atomic E-state index is -0.853. The molecule has 2 unspecified atom stereocenters. The van der Waals surface area contributed by atoms with Crippen LogP contribution >= 0.6 is 0 Å². The number of aliphatic hydroxyl groups excluding tert-OH is 2. The minimum absolute atomic E-state index is 0.0148. The van der Waals surface area contributed by atoms with Crippen molar-refractivity contribution >= 4 is 11.9 Å². The van der Waals surface area contributed by atoms with Crippen molar-refractivity contribution in [2.45, 2.75) is 289 Å². The molecule has 61 heavy (non-hydrogen) atoms. The van der Waals surface area contributed by atoms with Crippen molar-refractivity contribution in [3.05, 3.63) is 36.5 Å². The molecule has 0 rings (SSSR count). The van der Waals surface area contributed by atoms with Gasteiger partial charge in [0.25, 0.3) is 0 Å². The number of nitrogens with one attached hydrogen (secondary N) is 1. The Morgan fingerprint density at radius 2 is 0.770 bits per heavy atom. The average Bonchev–Trinajstić information content (AvgIpc) is 3.26. The molecule has 0 aliphatic carbocycles. The van der Waals surface area contributed by atoms with Gasteiger partial charge in [-0.25, -0.2) is 0 Å². The van der Waals surface area contributed by atoms with E-state index in [-0.39, 0.29) is 18.5 Å². The summed E-state index contributed by atoms with van der Waals surface area (Å²) in [5, 5.41) is 23.0. The van der Waals surface area contributed by atoms with E-state index in [0.717, 1.165) is 70.6 Å². The largest absolute Gasteiger partial charge is 0.466 e. The van der Waals surface area contributed by atoms with Gasteiger partial charge in [-0.15, -0.1) is 0 Å². The van der Waals surface area contributed by atoms with Crippen molar-refractivity contribution in [3.8, 4) is 0 Å².